The monoisotopic (exact) mass is 268 g/mol. The second-order valence-corrected chi connectivity index (χ2v) is 6.41. The largest absolute Gasteiger partial charge is 0.397 e. The fourth-order valence-corrected chi connectivity index (χ4v) is 3.49. The fourth-order valence-electron chi connectivity index (χ4n) is 2.58. The molecule has 1 aliphatic rings. The predicted molar refractivity (Wildman–Crippen MR) is 78.8 cm³/mol. The summed E-state index contributed by atoms with van der Waals surface area (Å²) in [6.45, 7) is 2.67. The van der Waals surface area contributed by atoms with Crippen LogP contribution in [0.4, 0.5) is 15.8 Å². The van der Waals surface area contributed by atoms with E-state index in [0.29, 0.717) is 16.0 Å². The summed E-state index contributed by atoms with van der Waals surface area (Å²) in [7, 11) is 0. The van der Waals surface area contributed by atoms with Crippen molar-refractivity contribution in [2.24, 2.45) is 0 Å². The molecule has 0 spiro atoms. The van der Waals surface area contributed by atoms with Crippen LogP contribution in [-0.4, -0.2) is 17.5 Å². The molecule has 0 saturated heterocycles. The Hall–Kier alpha value is -0.900. The van der Waals surface area contributed by atoms with Crippen molar-refractivity contribution in [2.75, 3.05) is 23.9 Å². The normalized spacial score (nSPS) is 17.9. The molecule has 1 aliphatic carbocycles. The maximum Gasteiger partial charge on any atom is 0.128 e. The van der Waals surface area contributed by atoms with E-state index in [-0.39, 0.29) is 5.82 Å². The Bertz CT molecular complexity index is 428. The Labute approximate surface area is 113 Å². The summed E-state index contributed by atoms with van der Waals surface area (Å²) in [5.74, 6) is -0.238. The zero-order valence-corrected chi connectivity index (χ0v) is 11.9. The minimum Gasteiger partial charge on any atom is -0.397 e. The highest BCUT2D eigenvalue weighted by Gasteiger charge is 2.32. The quantitative estimate of drug-likeness (QED) is 0.816. The maximum absolute atomic E-state index is 13.3. The second-order valence-electron chi connectivity index (χ2n) is 5.14. The van der Waals surface area contributed by atoms with Gasteiger partial charge in [0.1, 0.15) is 5.82 Å². The van der Waals surface area contributed by atoms with Gasteiger partial charge >= 0.3 is 0 Å². The van der Waals surface area contributed by atoms with Crippen LogP contribution in [0, 0.1) is 12.7 Å². The first-order chi connectivity index (χ1) is 8.56. The van der Waals surface area contributed by atoms with Crippen LogP contribution in [0.2, 0.25) is 0 Å². The molecule has 1 aromatic carbocycles. The Balaban J connectivity index is 2.08. The average Bonchev–Trinajstić information content (AvgIpc) is 2.82. The van der Waals surface area contributed by atoms with Crippen molar-refractivity contribution in [3.63, 3.8) is 0 Å². The third-order valence-electron chi connectivity index (χ3n) is 3.88. The van der Waals surface area contributed by atoms with Crippen LogP contribution in [0.25, 0.3) is 0 Å². The average molecular weight is 268 g/mol. The first-order valence-corrected chi connectivity index (χ1v) is 7.63. The molecule has 0 aromatic heterocycles. The van der Waals surface area contributed by atoms with Crippen LogP contribution in [-0.2, 0) is 0 Å². The number of thioether (sulfide) groups is 1. The topological polar surface area (TPSA) is 38.0 Å². The number of nitrogens with one attached hydrogen (secondary N) is 1. The van der Waals surface area contributed by atoms with Gasteiger partial charge in [-0.1, -0.05) is 12.8 Å². The van der Waals surface area contributed by atoms with Crippen molar-refractivity contribution >= 4 is 23.1 Å². The van der Waals surface area contributed by atoms with E-state index in [1.54, 1.807) is 13.0 Å². The van der Waals surface area contributed by atoms with E-state index in [4.69, 9.17) is 5.73 Å². The van der Waals surface area contributed by atoms with Gasteiger partial charge in [0.05, 0.1) is 11.4 Å². The number of hydrogen-bond acceptors (Lipinski definition) is 3. The molecule has 0 bridgehead atoms. The number of aryl methyl sites for hydroxylation is 1. The summed E-state index contributed by atoms with van der Waals surface area (Å²) in [6.07, 6.45) is 7.29. The predicted octanol–water partition coefficient (Wildman–Crippen LogP) is 3.80. The second kappa shape index (κ2) is 5.39. The summed E-state index contributed by atoms with van der Waals surface area (Å²) >= 11 is 1.93. The molecule has 0 atom stereocenters. The van der Waals surface area contributed by atoms with Crippen LogP contribution < -0.4 is 11.1 Å². The van der Waals surface area contributed by atoms with Crippen molar-refractivity contribution in [3.05, 3.63) is 23.5 Å². The van der Waals surface area contributed by atoms with Crippen LogP contribution in [0.3, 0.4) is 0 Å². The number of nitrogens with two attached hydrogens (primary N) is 1. The van der Waals surface area contributed by atoms with E-state index in [2.05, 4.69) is 11.6 Å². The van der Waals surface area contributed by atoms with Gasteiger partial charge in [-0.15, -0.1) is 0 Å². The highest BCUT2D eigenvalue weighted by molar-refractivity contribution is 8.00. The van der Waals surface area contributed by atoms with Crippen LogP contribution in [0.1, 0.15) is 31.2 Å². The van der Waals surface area contributed by atoms with Crippen molar-refractivity contribution in [3.8, 4) is 0 Å². The molecule has 2 nitrogen and oxygen atoms in total. The third kappa shape index (κ3) is 2.74. The fraction of sp³-hybridized carbons (Fsp3) is 0.571. The van der Waals surface area contributed by atoms with Gasteiger partial charge in [-0.2, -0.15) is 11.8 Å². The Morgan fingerprint density at radius 1 is 1.39 bits per heavy atom. The minimum atomic E-state index is -0.238. The number of benzene rings is 1. The molecule has 1 saturated carbocycles. The molecule has 0 aliphatic heterocycles. The van der Waals surface area contributed by atoms with Gasteiger partial charge in [0.15, 0.2) is 0 Å². The summed E-state index contributed by atoms with van der Waals surface area (Å²) in [4.78, 5) is 0. The van der Waals surface area contributed by atoms with Gasteiger partial charge in [0, 0.05) is 11.3 Å². The first-order valence-electron chi connectivity index (χ1n) is 6.41. The lowest BCUT2D eigenvalue weighted by atomic mass is 10.1. The summed E-state index contributed by atoms with van der Waals surface area (Å²) in [6, 6.07) is 3.20. The van der Waals surface area contributed by atoms with Gasteiger partial charge in [-0.05, 0) is 43.7 Å². The highest BCUT2D eigenvalue weighted by atomic mass is 32.2. The molecule has 2 rings (SSSR count). The highest BCUT2D eigenvalue weighted by Crippen LogP contribution is 2.40. The number of anilines is 2. The van der Waals surface area contributed by atoms with E-state index >= 15 is 0 Å². The van der Waals surface area contributed by atoms with Gasteiger partial charge in [0.25, 0.3) is 0 Å². The SMILES string of the molecule is CSC1(CNc2cc(C)c(F)cc2N)CCCC1. The van der Waals surface area contributed by atoms with Crippen LogP contribution in [0.5, 0.6) is 0 Å². The van der Waals surface area contributed by atoms with Gasteiger partial charge in [0.2, 0.25) is 0 Å². The lowest BCUT2D eigenvalue weighted by Gasteiger charge is -2.28. The van der Waals surface area contributed by atoms with Crippen molar-refractivity contribution in [1.82, 2.24) is 0 Å². The summed E-state index contributed by atoms with van der Waals surface area (Å²) < 4.78 is 13.7. The van der Waals surface area contributed by atoms with Crippen molar-refractivity contribution in [1.29, 1.82) is 0 Å². The third-order valence-corrected chi connectivity index (χ3v) is 5.30. The molecule has 0 unspecified atom stereocenters. The molecule has 0 radical (unpaired) electrons. The molecule has 3 N–H and O–H groups in total. The van der Waals surface area contributed by atoms with Crippen molar-refractivity contribution in [2.45, 2.75) is 37.4 Å². The summed E-state index contributed by atoms with van der Waals surface area (Å²) in [5.41, 5.74) is 7.83. The molecule has 1 fully saturated rings. The Morgan fingerprint density at radius 3 is 2.67 bits per heavy atom. The molecule has 18 heavy (non-hydrogen) atoms. The van der Waals surface area contributed by atoms with Crippen molar-refractivity contribution < 1.29 is 4.39 Å². The van der Waals surface area contributed by atoms with Gasteiger partial charge < -0.3 is 11.1 Å². The number of nitrogen functional groups attached to an aromatic ring is 1. The molecular formula is C14H21FN2S. The number of rotatable bonds is 4. The zero-order valence-electron chi connectivity index (χ0n) is 11.1. The van der Waals surface area contributed by atoms with E-state index in [9.17, 15) is 4.39 Å². The number of hydrogen-bond donors (Lipinski definition) is 2. The van der Waals surface area contributed by atoms with E-state index in [1.165, 1.54) is 31.7 Å². The van der Waals surface area contributed by atoms with Gasteiger partial charge in [-0.25, -0.2) is 4.39 Å². The van der Waals surface area contributed by atoms with E-state index < -0.39 is 0 Å². The molecule has 0 heterocycles. The Morgan fingerprint density at radius 2 is 2.06 bits per heavy atom. The zero-order chi connectivity index (χ0) is 13.2. The lowest BCUT2D eigenvalue weighted by Crippen LogP contribution is -2.30. The van der Waals surface area contributed by atoms with Crippen LogP contribution in [0.15, 0.2) is 12.1 Å². The molecule has 0 amide bonds. The van der Waals surface area contributed by atoms with E-state index in [1.807, 2.05) is 11.8 Å². The van der Waals surface area contributed by atoms with Gasteiger partial charge in [-0.3, -0.25) is 0 Å². The maximum atomic E-state index is 13.3. The number of halogens is 1. The first kappa shape index (κ1) is 13.5. The molecular weight excluding hydrogens is 247 g/mol. The molecule has 4 heteroatoms. The molecule has 1 aromatic rings. The minimum absolute atomic E-state index is 0.238. The van der Waals surface area contributed by atoms with E-state index in [0.717, 1.165) is 12.2 Å². The Kier molecular flexibility index (Phi) is 4.05. The smallest absolute Gasteiger partial charge is 0.128 e. The lowest BCUT2D eigenvalue weighted by molar-refractivity contribution is 0.618. The van der Waals surface area contributed by atoms with Crippen LogP contribution >= 0.6 is 11.8 Å². The molecule has 100 valence electrons. The summed E-state index contributed by atoms with van der Waals surface area (Å²) in [5, 5.41) is 3.40. The standard InChI is InChI=1S/C14H21FN2S/c1-10-7-13(12(16)8-11(10)15)17-9-14(18-2)5-3-4-6-14/h7-8,17H,3-6,9,16H2,1-2H3.